The molecule has 3 aromatic rings. The van der Waals surface area contributed by atoms with Crippen LogP contribution in [0.15, 0.2) is 84.9 Å². The number of likely N-dealkylation sites (tertiary alicyclic amines) is 1. The highest BCUT2D eigenvalue weighted by Gasteiger charge is 2.44. The molecule has 34 heavy (non-hydrogen) atoms. The molecule has 2 aliphatic rings. The summed E-state index contributed by atoms with van der Waals surface area (Å²) < 4.78 is 0. The van der Waals surface area contributed by atoms with Crippen LogP contribution in [0.2, 0.25) is 0 Å². The maximum atomic E-state index is 14.0. The van der Waals surface area contributed by atoms with Gasteiger partial charge in [-0.05, 0) is 42.0 Å². The van der Waals surface area contributed by atoms with E-state index in [1.807, 2.05) is 66.7 Å². The second kappa shape index (κ2) is 9.72. The average molecular weight is 455 g/mol. The molecule has 5 rings (SSSR count). The van der Waals surface area contributed by atoms with Crippen molar-refractivity contribution in [3.8, 4) is 0 Å². The number of para-hydroxylation sites is 1. The van der Waals surface area contributed by atoms with Gasteiger partial charge < -0.3 is 14.9 Å². The number of rotatable bonds is 5. The Hall–Kier alpha value is -3.60. The number of carboxylic acid groups (broad SMARTS) is 1. The SMILES string of the molecule is O=C(O)[C@@H]1CC(N2CCCCc3ccccc32)CN1C(=O)C(c1ccccc1)c1ccccc1. The Morgan fingerprint density at radius 1 is 0.824 bits per heavy atom. The number of nitrogens with zero attached hydrogens (tertiary/aromatic N) is 2. The van der Waals surface area contributed by atoms with Crippen LogP contribution in [0.1, 0.15) is 41.9 Å². The van der Waals surface area contributed by atoms with E-state index in [2.05, 4.69) is 23.1 Å². The molecule has 1 N–H and O–H groups in total. The minimum atomic E-state index is -0.932. The number of aryl methyl sites for hydroxylation is 1. The fourth-order valence-corrected chi connectivity index (χ4v) is 5.55. The molecule has 1 saturated heterocycles. The smallest absolute Gasteiger partial charge is 0.326 e. The van der Waals surface area contributed by atoms with Crippen LogP contribution in [-0.4, -0.2) is 47.1 Å². The van der Waals surface area contributed by atoms with E-state index in [-0.39, 0.29) is 11.9 Å². The molecule has 3 aromatic carbocycles. The number of benzene rings is 3. The van der Waals surface area contributed by atoms with Gasteiger partial charge >= 0.3 is 5.97 Å². The van der Waals surface area contributed by atoms with Gasteiger partial charge in [-0.1, -0.05) is 78.9 Å². The number of aliphatic carboxylic acids is 1. The summed E-state index contributed by atoms with van der Waals surface area (Å²) >= 11 is 0. The molecule has 2 atom stereocenters. The first-order chi connectivity index (χ1) is 16.6. The fourth-order valence-electron chi connectivity index (χ4n) is 5.55. The van der Waals surface area contributed by atoms with Crippen LogP contribution >= 0.6 is 0 Å². The number of amides is 1. The molecule has 0 bridgehead atoms. The van der Waals surface area contributed by atoms with E-state index < -0.39 is 17.9 Å². The number of carbonyl (C=O) groups is 2. The summed E-state index contributed by atoms with van der Waals surface area (Å²) in [5.41, 5.74) is 4.26. The molecule has 1 amide bonds. The third kappa shape index (κ3) is 4.30. The first-order valence-electron chi connectivity index (χ1n) is 12.1. The largest absolute Gasteiger partial charge is 0.480 e. The zero-order chi connectivity index (χ0) is 23.5. The van der Waals surface area contributed by atoms with Crippen LogP contribution in [0, 0.1) is 0 Å². The highest BCUT2D eigenvalue weighted by atomic mass is 16.4. The Kier molecular flexibility index (Phi) is 6.35. The predicted molar refractivity (Wildman–Crippen MR) is 133 cm³/mol. The van der Waals surface area contributed by atoms with Crippen LogP contribution in [-0.2, 0) is 16.0 Å². The van der Waals surface area contributed by atoms with Crippen molar-refractivity contribution in [2.45, 2.75) is 43.7 Å². The molecule has 2 heterocycles. The normalized spacial score (nSPS) is 20.1. The predicted octanol–water partition coefficient (Wildman–Crippen LogP) is 4.72. The second-order valence-electron chi connectivity index (χ2n) is 9.27. The minimum Gasteiger partial charge on any atom is -0.480 e. The lowest BCUT2D eigenvalue weighted by molar-refractivity contribution is -0.148. The maximum absolute atomic E-state index is 14.0. The van der Waals surface area contributed by atoms with Gasteiger partial charge in [0.15, 0.2) is 0 Å². The lowest BCUT2D eigenvalue weighted by Crippen LogP contribution is -2.44. The van der Waals surface area contributed by atoms with Gasteiger partial charge in [0, 0.05) is 31.2 Å². The third-order valence-electron chi connectivity index (χ3n) is 7.20. The summed E-state index contributed by atoms with van der Waals surface area (Å²) in [5, 5.41) is 10.1. The van der Waals surface area contributed by atoms with Crippen molar-refractivity contribution in [2.75, 3.05) is 18.0 Å². The van der Waals surface area contributed by atoms with Crippen molar-refractivity contribution in [1.29, 1.82) is 0 Å². The molecule has 0 spiro atoms. The Balaban J connectivity index is 1.49. The van der Waals surface area contributed by atoms with Crippen molar-refractivity contribution in [3.05, 3.63) is 102 Å². The van der Waals surface area contributed by atoms with E-state index in [1.54, 1.807) is 4.90 Å². The number of carboxylic acids is 1. The van der Waals surface area contributed by atoms with Gasteiger partial charge in [0.05, 0.1) is 5.92 Å². The van der Waals surface area contributed by atoms with E-state index in [1.165, 1.54) is 11.3 Å². The summed E-state index contributed by atoms with van der Waals surface area (Å²) in [6, 6.07) is 26.9. The summed E-state index contributed by atoms with van der Waals surface area (Å²) in [7, 11) is 0. The first kappa shape index (κ1) is 22.2. The van der Waals surface area contributed by atoms with Gasteiger partial charge in [0.25, 0.3) is 0 Å². The number of hydrogen-bond donors (Lipinski definition) is 1. The Labute approximate surface area is 200 Å². The van der Waals surface area contributed by atoms with Crippen molar-refractivity contribution in [1.82, 2.24) is 4.90 Å². The van der Waals surface area contributed by atoms with E-state index >= 15 is 0 Å². The maximum Gasteiger partial charge on any atom is 0.326 e. The molecule has 5 nitrogen and oxygen atoms in total. The topological polar surface area (TPSA) is 60.9 Å². The molecule has 0 aromatic heterocycles. The van der Waals surface area contributed by atoms with Crippen molar-refractivity contribution < 1.29 is 14.7 Å². The van der Waals surface area contributed by atoms with Crippen molar-refractivity contribution >= 4 is 17.6 Å². The lowest BCUT2D eigenvalue weighted by Gasteiger charge is -2.32. The van der Waals surface area contributed by atoms with Crippen molar-refractivity contribution in [3.63, 3.8) is 0 Å². The molecule has 5 heteroatoms. The standard InChI is InChI=1S/C29H30N2O3/c32-28(27(22-13-3-1-4-14-22)23-15-5-2-6-16-23)31-20-24(19-26(31)29(33)34)30-18-10-9-12-21-11-7-8-17-25(21)30/h1-8,11,13-17,24,26-27H,9-10,12,18-20H2,(H,33,34)/t24?,26-/m0/s1. The minimum absolute atomic E-state index is 0.0171. The Morgan fingerprint density at radius 2 is 1.44 bits per heavy atom. The summed E-state index contributed by atoms with van der Waals surface area (Å²) in [4.78, 5) is 30.4. The van der Waals surface area contributed by atoms with Crippen molar-refractivity contribution in [2.24, 2.45) is 0 Å². The van der Waals surface area contributed by atoms with Gasteiger partial charge in [0.1, 0.15) is 6.04 Å². The second-order valence-corrected chi connectivity index (χ2v) is 9.27. The summed E-state index contributed by atoms with van der Waals surface area (Å²) in [5.74, 6) is -1.60. The van der Waals surface area contributed by atoms with Crippen LogP contribution in [0.5, 0.6) is 0 Å². The molecular weight excluding hydrogens is 424 g/mol. The number of fused-ring (bicyclic) bond motifs is 1. The summed E-state index contributed by atoms with van der Waals surface area (Å²) in [6.45, 7) is 1.30. The van der Waals surface area contributed by atoms with Gasteiger partial charge in [-0.25, -0.2) is 4.79 Å². The van der Waals surface area contributed by atoms with Gasteiger partial charge in [-0.3, -0.25) is 4.79 Å². The molecular formula is C29H30N2O3. The number of hydrogen-bond acceptors (Lipinski definition) is 3. The molecule has 174 valence electrons. The van der Waals surface area contributed by atoms with Gasteiger partial charge in [-0.15, -0.1) is 0 Å². The van der Waals surface area contributed by atoms with Gasteiger partial charge in [0.2, 0.25) is 5.91 Å². The quantitative estimate of drug-likeness (QED) is 0.606. The van der Waals surface area contributed by atoms with Crippen LogP contribution < -0.4 is 4.90 Å². The van der Waals surface area contributed by atoms with Crippen LogP contribution in [0.3, 0.4) is 0 Å². The molecule has 0 saturated carbocycles. The van der Waals surface area contributed by atoms with Crippen LogP contribution in [0.4, 0.5) is 5.69 Å². The van der Waals surface area contributed by atoms with E-state index in [0.29, 0.717) is 13.0 Å². The molecule has 1 fully saturated rings. The lowest BCUT2D eigenvalue weighted by atomic mass is 9.90. The Bertz CT molecular complexity index is 1110. The monoisotopic (exact) mass is 454 g/mol. The molecule has 2 aliphatic heterocycles. The Morgan fingerprint density at radius 3 is 2.09 bits per heavy atom. The number of carbonyl (C=O) groups excluding carboxylic acids is 1. The van der Waals surface area contributed by atoms with E-state index in [9.17, 15) is 14.7 Å². The van der Waals surface area contributed by atoms with Crippen LogP contribution in [0.25, 0.3) is 0 Å². The average Bonchev–Trinajstić information content (AvgIpc) is 3.21. The third-order valence-corrected chi connectivity index (χ3v) is 7.20. The van der Waals surface area contributed by atoms with Gasteiger partial charge in [-0.2, -0.15) is 0 Å². The molecule has 1 unspecified atom stereocenters. The summed E-state index contributed by atoms with van der Waals surface area (Å²) in [6.07, 6.45) is 3.66. The fraction of sp³-hybridized carbons (Fsp3) is 0.310. The van der Waals surface area contributed by atoms with E-state index in [0.717, 1.165) is 36.9 Å². The highest BCUT2D eigenvalue weighted by Crippen LogP contribution is 2.35. The molecule has 0 aliphatic carbocycles. The zero-order valence-corrected chi connectivity index (χ0v) is 19.2. The first-order valence-corrected chi connectivity index (χ1v) is 12.1. The number of anilines is 1. The highest BCUT2D eigenvalue weighted by molar-refractivity contribution is 5.91. The zero-order valence-electron chi connectivity index (χ0n) is 19.2. The molecule has 0 radical (unpaired) electrons. The van der Waals surface area contributed by atoms with E-state index in [4.69, 9.17) is 0 Å².